The highest BCUT2D eigenvalue weighted by atomic mass is 16.2. The third-order valence-corrected chi connectivity index (χ3v) is 5.00. The van der Waals surface area contributed by atoms with Crippen LogP contribution < -0.4 is 16.4 Å². The molecule has 3 atom stereocenters. The van der Waals surface area contributed by atoms with Crippen molar-refractivity contribution in [2.75, 3.05) is 0 Å². The van der Waals surface area contributed by atoms with Crippen LogP contribution in [-0.2, 0) is 9.59 Å². The number of fused-ring (bicyclic) bond motifs is 2. The van der Waals surface area contributed by atoms with E-state index < -0.39 is 0 Å². The Labute approximate surface area is 113 Å². The van der Waals surface area contributed by atoms with Crippen molar-refractivity contribution < 1.29 is 9.59 Å². The number of carbonyl (C=O) groups excluding carboxylic acids is 2. The molecule has 106 valence electrons. The average molecular weight is 265 g/mol. The third kappa shape index (κ3) is 2.61. The Kier molecular flexibility index (Phi) is 3.48. The summed E-state index contributed by atoms with van der Waals surface area (Å²) in [6.45, 7) is 0. The van der Waals surface area contributed by atoms with E-state index in [-0.39, 0.29) is 23.9 Å². The summed E-state index contributed by atoms with van der Waals surface area (Å²) in [6, 6.07) is 0.261. The third-order valence-electron chi connectivity index (χ3n) is 5.00. The first-order valence-electron chi connectivity index (χ1n) is 7.49. The maximum atomic E-state index is 12.2. The first-order valence-corrected chi connectivity index (χ1v) is 7.49. The monoisotopic (exact) mass is 265 g/mol. The molecule has 1 saturated heterocycles. The standard InChI is InChI=1S/C14H23N3O2/c15-10-6-8-2-1-3-9(7-10)13(8)17-14(19)11-4-5-12(18)16-11/h8-11,13H,1-7,15H2,(H,16,18)(H,17,19)/t8?,9?,10?,11-,13?/m1/s1. The van der Waals surface area contributed by atoms with E-state index in [2.05, 4.69) is 10.6 Å². The Hall–Kier alpha value is -1.10. The fraction of sp³-hybridized carbons (Fsp3) is 0.857. The van der Waals surface area contributed by atoms with Gasteiger partial charge in [-0.25, -0.2) is 0 Å². The van der Waals surface area contributed by atoms with Gasteiger partial charge < -0.3 is 16.4 Å². The van der Waals surface area contributed by atoms with Gasteiger partial charge in [0.1, 0.15) is 6.04 Å². The van der Waals surface area contributed by atoms with Crippen LogP contribution in [0.1, 0.15) is 44.9 Å². The fourth-order valence-corrected chi connectivity index (χ4v) is 4.10. The number of rotatable bonds is 2. The minimum Gasteiger partial charge on any atom is -0.351 e. The Morgan fingerprint density at radius 1 is 1.21 bits per heavy atom. The van der Waals surface area contributed by atoms with Crippen LogP contribution in [0.15, 0.2) is 0 Å². The van der Waals surface area contributed by atoms with Crippen molar-refractivity contribution >= 4 is 11.8 Å². The Balaban J connectivity index is 1.62. The van der Waals surface area contributed by atoms with Crippen molar-refractivity contribution in [3.63, 3.8) is 0 Å². The normalized spacial score (nSPS) is 41.7. The van der Waals surface area contributed by atoms with Crippen LogP contribution in [0, 0.1) is 11.8 Å². The molecule has 2 amide bonds. The number of nitrogens with one attached hydrogen (secondary N) is 2. The lowest BCUT2D eigenvalue weighted by Crippen LogP contribution is -2.56. The SMILES string of the molecule is NC1CC2CCCC(C1)C2NC(=O)[C@H]1CCC(=O)N1. The summed E-state index contributed by atoms with van der Waals surface area (Å²) in [5.74, 6) is 1.06. The Bertz CT molecular complexity index is 371. The van der Waals surface area contributed by atoms with Gasteiger partial charge >= 0.3 is 0 Å². The van der Waals surface area contributed by atoms with Gasteiger partial charge in [-0.3, -0.25) is 9.59 Å². The molecule has 3 fully saturated rings. The van der Waals surface area contributed by atoms with Gasteiger partial charge in [0.05, 0.1) is 0 Å². The molecule has 0 aromatic rings. The summed E-state index contributed by atoms with van der Waals surface area (Å²) in [5.41, 5.74) is 6.09. The maximum Gasteiger partial charge on any atom is 0.242 e. The molecule has 1 aliphatic heterocycles. The molecule has 2 unspecified atom stereocenters. The molecular formula is C14H23N3O2. The molecule has 0 radical (unpaired) electrons. The maximum absolute atomic E-state index is 12.2. The molecule has 5 heteroatoms. The molecule has 2 bridgehead atoms. The molecule has 2 aliphatic carbocycles. The largest absolute Gasteiger partial charge is 0.351 e. The highest BCUT2D eigenvalue weighted by Gasteiger charge is 2.41. The van der Waals surface area contributed by atoms with Crippen LogP contribution in [0.4, 0.5) is 0 Å². The Morgan fingerprint density at radius 2 is 1.89 bits per heavy atom. The fourth-order valence-electron chi connectivity index (χ4n) is 4.10. The van der Waals surface area contributed by atoms with E-state index in [4.69, 9.17) is 5.73 Å². The lowest BCUT2D eigenvalue weighted by atomic mass is 9.67. The van der Waals surface area contributed by atoms with Gasteiger partial charge in [-0.15, -0.1) is 0 Å². The minimum absolute atomic E-state index is 0.00298. The summed E-state index contributed by atoms with van der Waals surface area (Å²) >= 11 is 0. The van der Waals surface area contributed by atoms with Gasteiger partial charge in [0.25, 0.3) is 0 Å². The first-order chi connectivity index (χ1) is 9.13. The highest BCUT2D eigenvalue weighted by molar-refractivity contribution is 5.90. The molecule has 1 heterocycles. The van der Waals surface area contributed by atoms with E-state index in [0.717, 1.165) is 12.8 Å². The Morgan fingerprint density at radius 3 is 2.47 bits per heavy atom. The van der Waals surface area contributed by atoms with Gasteiger partial charge in [0, 0.05) is 18.5 Å². The second-order valence-electron chi connectivity index (χ2n) is 6.38. The van der Waals surface area contributed by atoms with E-state index in [1.54, 1.807) is 0 Å². The predicted molar refractivity (Wildman–Crippen MR) is 71.1 cm³/mol. The first kappa shape index (κ1) is 12.9. The van der Waals surface area contributed by atoms with E-state index >= 15 is 0 Å². The van der Waals surface area contributed by atoms with Crippen LogP contribution in [0.5, 0.6) is 0 Å². The van der Waals surface area contributed by atoms with Crippen molar-refractivity contribution in [3.8, 4) is 0 Å². The van der Waals surface area contributed by atoms with E-state index in [9.17, 15) is 9.59 Å². The van der Waals surface area contributed by atoms with Crippen molar-refractivity contribution in [3.05, 3.63) is 0 Å². The van der Waals surface area contributed by atoms with Crippen LogP contribution in [-0.4, -0.2) is 29.9 Å². The van der Waals surface area contributed by atoms with Gasteiger partial charge in [0.2, 0.25) is 11.8 Å². The van der Waals surface area contributed by atoms with E-state index in [1.807, 2.05) is 0 Å². The molecule has 2 saturated carbocycles. The minimum atomic E-state index is -0.316. The molecule has 3 rings (SSSR count). The second kappa shape index (κ2) is 5.12. The van der Waals surface area contributed by atoms with Crippen molar-refractivity contribution in [1.29, 1.82) is 0 Å². The second-order valence-corrected chi connectivity index (χ2v) is 6.38. The molecule has 3 aliphatic rings. The number of amides is 2. The van der Waals surface area contributed by atoms with Gasteiger partial charge in [-0.05, 0) is 43.9 Å². The zero-order chi connectivity index (χ0) is 13.4. The van der Waals surface area contributed by atoms with Crippen LogP contribution >= 0.6 is 0 Å². The molecule has 0 aromatic heterocycles. The smallest absolute Gasteiger partial charge is 0.242 e. The van der Waals surface area contributed by atoms with Crippen LogP contribution in [0.25, 0.3) is 0 Å². The summed E-state index contributed by atoms with van der Waals surface area (Å²) in [4.78, 5) is 23.4. The van der Waals surface area contributed by atoms with Crippen LogP contribution in [0.2, 0.25) is 0 Å². The predicted octanol–water partition coefficient (Wildman–Crippen LogP) is 0.287. The molecule has 0 spiro atoms. The van der Waals surface area contributed by atoms with Crippen LogP contribution in [0.3, 0.4) is 0 Å². The molecule has 5 nitrogen and oxygen atoms in total. The number of carbonyl (C=O) groups is 2. The zero-order valence-electron chi connectivity index (χ0n) is 11.2. The summed E-state index contributed by atoms with van der Waals surface area (Å²) in [6.07, 6.45) is 6.76. The quantitative estimate of drug-likeness (QED) is 0.671. The highest BCUT2D eigenvalue weighted by Crippen LogP contribution is 2.39. The molecular weight excluding hydrogens is 242 g/mol. The van der Waals surface area contributed by atoms with Gasteiger partial charge in [-0.1, -0.05) is 6.42 Å². The number of hydrogen-bond acceptors (Lipinski definition) is 3. The molecule has 19 heavy (non-hydrogen) atoms. The average Bonchev–Trinajstić information content (AvgIpc) is 2.77. The summed E-state index contributed by atoms with van der Waals surface area (Å²) < 4.78 is 0. The van der Waals surface area contributed by atoms with Crippen molar-refractivity contribution in [2.24, 2.45) is 17.6 Å². The van der Waals surface area contributed by atoms with E-state index in [1.165, 1.54) is 19.3 Å². The zero-order valence-corrected chi connectivity index (χ0v) is 11.2. The summed E-state index contributed by atoms with van der Waals surface area (Å²) in [7, 11) is 0. The lowest BCUT2D eigenvalue weighted by molar-refractivity contribution is -0.127. The van der Waals surface area contributed by atoms with Gasteiger partial charge in [-0.2, -0.15) is 0 Å². The topological polar surface area (TPSA) is 84.2 Å². The number of hydrogen-bond donors (Lipinski definition) is 3. The van der Waals surface area contributed by atoms with Crippen molar-refractivity contribution in [1.82, 2.24) is 10.6 Å². The molecule has 0 aromatic carbocycles. The van der Waals surface area contributed by atoms with Crippen molar-refractivity contribution in [2.45, 2.75) is 63.1 Å². The number of nitrogens with two attached hydrogens (primary N) is 1. The van der Waals surface area contributed by atoms with E-state index in [0.29, 0.717) is 30.7 Å². The van der Waals surface area contributed by atoms with Gasteiger partial charge in [0.15, 0.2) is 0 Å². The molecule has 4 N–H and O–H groups in total. The lowest BCUT2D eigenvalue weighted by Gasteiger charge is -2.45. The summed E-state index contributed by atoms with van der Waals surface area (Å²) in [5, 5.41) is 5.94.